The smallest absolute Gasteiger partial charge is 0.307 e. The number of hydrogen-bond donors (Lipinski definition) is 1. The van der Waals surface area contributed by atoms with Crippen LogP contribution in [0.1, 0.15) is 21.7 Å². The van der Waals surface area contributed by atoms with E-state index in [1.807, 2.05) is 48.0 Å². The number of nitrogens with one attached hydrogen (secondary N) is 1. The van der Waals surface area contributed by atoms with E-state index < -0.39 is 0 Å². The monoisotopic (exact) mass is 284 g/mol. The summed E-state index contributed by atoms with van der Waals surface area (Å²) in [6.45, 7) is 1.86. The zero-order chi connectivity index (χ0) is 13.9. The van der Waals surface area contributed by atoms with Crippen LogP contribution < -0.4 is 5.43 Å². The number of carbonyl (C=O) groups is 1. The van der Waals surface area contributed by atoms with Gasteiger partial charge in [-0.05, 0) is 29.8 Å². The third kappa shape index (κ3) is 2.35. The zero-order valence-electron chi connectivity index (χ0n) is 10.8. The first-order valence-electron chi connectivity index (χ1n) is 6.09. The van der Waals surface area contributed by atoms with Crippen LogP contribution >= 0.6 is 11.3 Å². The lowest BCUT2D eigenvalue weighted by Gasteiger charge is -1.96. The van der Waals surface area contributed by atoms with Crippen molar-refractivity contribution in [3.05, 3.63) is 58.0 Å². The summed E-state index contributed by atoms with van der Waals surface area (Å²) in [4.78, 5) is 12.0. The number of amides is 1. The molecule has 1 amide bonds. The quantitative estimate of drug-likeness (QED) is 0.590. The molecule has 1 aromatic carbocycles. The Labute approximate surface area is 119 Å². The first-order chi connectivity index (χ1) is 9.75. The second-order valence-electron chi connectivity index (χ2n) is 4.31. The molecule has 5 heteroatoms. The number of rotatable bonds is 3. The molecule has 0 bridgehead atoms. The second kappa shape index (κ2) is 5.30. The maximum Gasteiger partial charge on any atom is 0.307 e. The summed E-state index contributed by atoms with van der Waals surface area (Å²) >= 11 is 1.58. The summed E-state index contributed by atoms with van der Waals surface area (Å²) < 4.78 is 5.56. The molecule has 0 fully saturated rings. The molecule has 0 saturated carbocycles. The van der Waals surface area contributed by atoms with Crippen LogP contribution in [0.25, 0.3) is 11.0 Å². The molecule has 1 N–H and O–H groups in total. The number of furan rings is 1. The first-order valence-corrected chi connectivity index (χ1v) is 7.04. The van der Waals surface area contributed by atoms with Crippen molar-refractivity contribution in [3.8, 4) is 0 Å². The van der Waals surface area contributed by atoms with Gasteiger partial charge in [0.05, 0.1) is 6.21 Å². The van der Waals surface area contributed by atoms with Crippen LogP contribution in [0.2, 0.25) is 0 Å². The summed E-state index contributed by atoms with van der Waals surface area (Å²) in [5.41, 5.74) is 4.96. The second-order valence-corrected chi connectivity index (χ2v) is 5.09. The number of fused-ring (bicyclic) bond motifs is 1. The average Bonchev–Trinajstić information content (AvgIpc) is 3.08. The van der Waals surface area contributed by atoms with E-state index in [-0.39, 0.29) is 5.91 Å². The molecule has 2 aromatic heterocycles. The van der Waals surface area contributed by atoms with Gasteiger partial charge >= 0.3 is 5.91 Å². The fourth-order valence-electron chi connectivity index (χ4n) is 1.96. The Morgan fingerprint density at radius 2 is 2.20 bits per heavy atom. The van der Waals surface area contributed by atoms with E-state index in [1.54, 1.807) is 17.6 Å². The highest BCUT2D eigenvalue weighted by Crippen LogP contribution is 2.24. The lowest BCUT2D eigenvalue weighted by molar-refractivity contribution is 0.0929. The molecule has 2 heterocycles. The van der Waals surface area contributed by atoms with Crippen molar-refractivity contribution >= 4 is 34.4 Å². The summed E-state index contributed by atoms with van der Waals surface area (Å²) in [7, 11) is 0. The number of hydrogen-bond acceptors (Lipinski definition) is 4. The summed E-state index contributed by atoms with van der Waals surface area (Å²) in [5, 5.41) is 8.76. The van der Waals surface area contributed by atoms with Crippen molar-refractivity contribution in [2.75, 3.05) is 0 Å². The number of thiophene rings is 1. The number of benzene rings is 1. The third-order valence-corrected chi connectivity index (χ3v) is 3.67. The Hall–Kier alpha value is -2.40. The molecule has 3 aromatic rings. The molecule has 4 nitrogen and oxygen atoms in total. The van der Waals surface area contributed by atoms with Crippen molar-refractivity contribution in [1.82, 2.24) is 5.43 Å². The van der Waals surface area contributed by atoms with E-state index in [1.165, 1.54) is 0 Å². The Bertz CT molecular complexity index is 772. The van der Waals surface area contributed by atoms with E-state index in [9.17, 15) is 4.79 Å². The highest BCUT2D eigenvalue weighted by atomic mass is 32.1. The predicted octanol–water partition coefficient (Wildman–Crippen LogP) is 3.57. The summed E-state index contributed by atoms with van der Waals surface area (Å²) in [5.74, 6) is -0.0427. The van der Waals surface area contributed by atoms with E-state index in [0.29, 0.717) is 11.3 Å². The van der Waals surface area contributed by atoms with Gasteiger partial charge in [-0.3, -0.25) is 4.79 Å². The van der Waals surface area contributed by atoms with E-state index >= 15 is 0 Å². The lowest BCUT2D eigenvalue weighted by Crippen LogP contribution is -2.17. The fourth-order valence-corrected chi connectivity index (χ4v) is 2.57. The summed E-state index contributed by atoms with van der Waals surface area (Å²) in [6.07, 6.45) is 1.60. The van der Waals surface area contributed by atoms with E-state index in [4.69, 9.17) is 4.42 Å². The molecule has 0 spiro atoms. The molecule has 20 heavy (non-hydrogen) atoms. The Morgan fingerprint density at radius 3 is 2.95 bits per heavy atom. The number of hydrazone groups is 1. The predicted molar refractivity (Wildman–Crippen MR) is 80.3 cm³/mol. The maximum atomic E-state index is 12.0. The normalized spacial score (nSPS) is 11.2. The van der Waals surface area contributed by atoms with Crippen LogP contribution in [0.4, 0.5) is 0 Å². The zero-order valence-corrected chi connectivity index (χ0v) is 11.6. The third-order valence-electron chi connectivity index (χ3n) is 2.97. The van der Waals surface area contributed by atoms with E-state index in [2.05, 4.69) is 10.5 Å². The average molecular weight is 284 g/mol. The molecule has 100 valence electrons. The minimum atomic E-state index is -0.342. The maximum absolute atomic E-state index is 12.0. The SMILES string of the molecule is Cc1c(C(=O)N/N=C\c2ccsc2)oc2ccccc12. The molecule has 0 aliphatic carbocycles. The molecule has 0 saturated heterocycles. The van der Waals surface area contributed by atoms with Gasteiger partial charge < -0.3 is 4.42 Å². The number of nitrogens with zero attached hydrogens (tertiary/aromatic N) is 1. The number of carbonyl (C=O) groups excluding carboxylic acids is 1. The number of para-hydroxylation sites is 1. The van der Waals surface area contributed by atoms with Gasteiger partial charge in [-0.2, -0.15) is 16.4 Å². The highest BCUT2D eigenvalue weighted by molar-refractivity contribution is 7.08. The van der Waals surface area contributed by atoms with Gasteiger partial charge in [0, 0.05) is 16.5 Å². The van der Waals surface area contributed by atoms with Crippen LogP contribution in [-0.4, -0.2) is 12.1 Å². The van der Waals surface area contributed by atoms with Crippen LogP contribution in [0, 0.1) is 6.92 Å². The standard InChI is InChI=1S/C15H12N2O2S/c1-10-12-4-2-3-5-13(12)19-14(10)15(18)17-16-8-11-6-7-20-9-11/h2-9H,1H3,(H,17,18)/b16-8-. The molecule has 0 aliphatic rings. The van der Waals surface area contributed by atoms with Gasteiger partial charge in [0.25, 0.3) is 0 Å². The van der Waals surface area contributed by atoms with Crippen molar-refractivity contribution < 1.29 is 9.21 Å². The number of aryl methyl sites for hydroxylation is 1. The van der Waals surface area contributed by atoms with E-state index in [0.717, 1.165) is 16.5 Å². The van der Waals surface area contributed by atoms with Gasteiger partial charge in [0.15, 0.2) is 5.76 Å². The van der Waals surface area contributed by atoms with Gasteiger partial charge in [0.2, 0.25) is 0 Å². The Kier molecular flexibility index (Phi) is 3.35. The summed E-state index contributed by atoms with van der Waals surface area (Å²) in [6, 6.07) is 9.49. The van der Waals surface area contributed by atoms with Crippen molar-refractivity contribution in [2.24, 2.45) is 5.10 Å². The topological polar surface area (TPSA) is 54.6 Å². The molecule has 0 atom stereocenters. The molecule has 0 radical (unpaired) electrons. The highest BCUT2D eigenvalue weighted by Gasteiger charge is 2.16. The lowest BCUT2D eigenvalue weighted by atomic mass is 10.1. The van der Waals surface area contributed by atoms with Crippen LogP contribution in [-0.2, 0) is 0 Å². The van der Waals surface area contributed by atoms with Gasteiger partial charge in [-0.25, -0.2) is 5.43 Å². The van der Waals surface area contributed by atoms with Gasteiger partial charge in [-0.15, -0.1) is 0 Å². The minimum Gasteiger partial charge on any atom is -0.451 e. The first kappa shape index (κ1) is 12.6. The molecule has 3 rings (SSSR count). The molecular formula is C15H12N2O2S. The Balaban J connectivity index is 1.80. The van der Waals surface area contributed by atoms with Crippen LogP contribution in [0.3, 0.4) is 0 Å². The van der Waals surface area contributed by atoms with Crippen molar-refractivity contribution in [1.29, 1.82) is 0 Å². The molecular weight excluding hydrogens is 272 g/mol. The minimum absolute atomic E-state index is 0.300. The van der Waals surface area contributed by atoms with Gasteiger partial charge in [0.1, 0.15) is 5.58 Å². The van der Waals surface area contributed by atoms with Crippen LogP contribution in [0.5, 0.6) is 0 Å². The Morgan fingerprint density at radius 1 is 1.35 bits per heavy atom. The van der Waals surface area contributed by atoms with Gasteiger partial charge in [-0.1, -0.05) is 18.2 Å². The van der Waals surface area contributed by atoms with Crippen LogP contribution in [0.15, 0.2) is 50.6 Å². The molecule has 0 unspecified atom stereocenters. The largest absolute Gasteiger partial charge is 0.451 e. The van der Waals surface area contributed by atoms with Crippen molar-refractivity contribution in [2.45, 2.75) is 6.92 Å². The molecule has 0 aliphatic heterocycles. The fraction of sp³-hybridized carbons (Fsp3) is 0.0667. The van der Waals surface area contributed by atoms with Crippen molar-refractivity contribution in [3.63, 3.8) is 0 Å².